The van der Waals surface area contributed by atoms with Crippen molar-refractivity contribution in [3.8, 4) is 11.1 Å². The van der Waals surface area contributed by atoms with Crippen molar-refractivity contribution >= 4 is 27.4 Å². The maximum atomic E-state index is 9.08. The lowest BCUT2D eigenvalue weighted by atomic mass is 10.1. The summed E-state index contributed by atoms with van der Waals surface area (Å²) in [4.78, 5) is 10.0. The molecule has 5 nitrogen and oxygen atoms in total. The van der Waals surface area contributed by atoms with Crippen LogP contribution < -0.4 is 5.32 Å². The van der Waals surface area contributed by atoms with Crippen LogP contribution in [0, 0.1) is 0 Å². The molecular weight excluding hydrogens is 298 g/mol. The Hall–Kier alpha value is -2.02. The Balaban J connectivity index is 2.15. The van der Waals surface area contributed by atoms with Gasteiger partial charge in [0.1, 0.15) is 17.3 Å². The minimum Gasteiger partial charge on any atom is -0.395 e. The number of fused-ring (bicyclic) bond motifs is 1. The van der Waals surface area contributed by atoms with Crippen molar-refractivity contribution in [2.45, 2.75) is 6.61 Å². The maximum absolute atomic E-state index is 9.08. The molecule has 3 rings (SSSR count). The minimum atomic E-state index is 0.0515. The van der Waals surface area contributed by atoms with E-state index in [-0.39, 0.29) is 6.61 Å². The SMILES string of the molecule is COCc1nc(NCCO)c2c(-c3ccccc3)csc2n1. The molecular formula is C16H17N3O2S. The van der Waals surface area contributed by atoms with Gasteiger partial charge in [-0.3, -0.25) is 0 Å². The summed E-state index contributed by atoms with van der Waals surface area (Å²) in [7, 11) is 1.62. The quantitative estimate of drug-likeness (QED) is 0.732. The summed E-state index contributed by atoms with van der Waals surface area (Å²) in [5.41, 5.74) is 2.23. The van der Waals surface area contributed by atoms with E-state index < -0.39 is 0 Å². The third kappa shape index (κ3) is 2.94. The summed E-state index contributed by atoms with van der Waals surface area (Å²) in [6.07, 6.45) is 0. The predicted octanol–water partition coefficient (Wildman–Crippen LogP) is 2.91. The van der Waals surface area contributed by atoms with E-state index >= 15 is 0 Å². The normalized spacial score (nSPS) is 11.0. The first-order chi connectivity index (χ1) is 10.8. The molecule has 22 heavy (non-hydrogen) atoms. The second kappa shape index (κ2) is 6.83. The fraction of sp³-hybridized carbons (Fsp3) is 0.250. The van der Waals surface area contributed by atoms with Gasteiger partial charge in [0.25, 0.3) is 0 Å². The van der Waals surface area contributed by atoms with Crippen LogP contribution in [0.4, 0.5) is 5.82 Å². The van der Waals surface area contributed by atoms with Crippen LogP contribution in [-0.4, -0.2) is 35.3 Å². The fourth-order valence-corrected chi connectivity index (χ4v) is 3.28. The van der Waals surface area contributed by atoms with E-state index in [0.29, 0.717) is 19.0 Å². The van der Waals surface area contributed by atoms with Crippen molar-refractivity contribution in [3.63, 3.8) is 0 Å². The maximum Gasteiger partial charge on any atom is 0.158 e. The fourth-order valence-electron chi connectivity index (χ4n) is 2.31. The molecule has 0 bridgehead atoms. The van der Waals surface area contributed by atoms with Crippen molar-refractivity contribution in [2.24, 2.45) is 0 Å². The number of benzene rings is 1. The van der Waals surface area contributed by atoms with Crippen molar-refractivity contribution in [1.29, 1.82) is 0 Å². The Labute approximate surface area is 132 Å². The standard InChI is InChI=1S/C16H17N3O2S/c1-21-9-13-18-15(17-7-8-20)14-12(10-22-16(14)19-13)11-5-3-2-4-6-11/h2-6,10,20H,7-9H2,1H3,(H,17,18,19). The molecule has 0 radical (unpaired) electrons. The number of ether oxygens (including phenoxy) is 1. The first-order valence-electron chi connectivity index (χ1n) is 7.00. The lowest BCUT2D eigenvalue weighted by Gasteiger charge is -2.09. The molecule has 0 fully saturated rings. The number of aromatic nitrogens is 2. The number of anilines is 1. The van der Waals surface area contributed by atoms with E-state index in [4.69, 9.17) is 9.84 Å². The summed E-state index contributed by atoms with van der Waals surface area (Å²) in [5, 5.41) is 15.3. The Kier molecular flexibility index (Phi) is 4.62. The van der Waals surface area contributed by atoms with Crippen molar-refractivity contribution in [1.82, 2.24) is 9.97 Å². The first kappa shape index (κ1) is 14.9. The smallest absolute Gasteiger partial charge is 0.158 e. The molecule has 0 spiro atoms. The molecule has 2 N–H and O–H groups in total. The van der Waals surface area contributed by atoms with Gasteiger partial charge >= 0.3 is 0 Å². The number of thiophene rings is 1. The predicted molar refractivity (Wildman–Crippen MR) is 89.1 cm³/mol. The summed E-state index contributed by atoms with van der Waals surface area (Å²) < 4.78 is 5.13. The van der Waals surface area contributed by atoms with Crippen molar-refractivity contribution < 1.29 is 9.84 Å². The van der Waals surface area contributed by atoms with Crippen molar-refractivity contribution in [2.75, 3.05) is 25.6 Å². The van der Waals surface area contributed by atoms with Crippen LogP contribution in [0.15, 0.2) is 35.7 Å². The molecule has 0 atom stereocenters. The Morgan fingerprint density at radius 3 is 2.77 bits per heavy atom. The zero-order valence-electron chi connectivity index (χ0n) is 12.2. The Morgan fingerprint density at radius 1 is 1.23 bits per heavy atom. The summed E-state index contributed by atoms with van der Waals surface area (Å²) >= 11 is 1.59. The second-order valence-corrected chi connectivity index (χ2v) is 5.63. The van der Waals surface area contributed by atoms with E-state index in [2.05, 4.69) is 32.8 Å². The zero-order valence-corrected chi connectivity index (χ0v) is 13.1. The first-order valence-corrected chi connectivity index (χ1v) is 7.88. The van der Waals surface area contributed by atoms with Crippen LogP contribution in [0.2, 0.25) is 0 Å². The van der Waals surface area contributed by atoms with Gasteiger partial charge in [0.2, 0.25) is 0 Å². The van der Waals surface area contributed by atoms with Crippen LogP contribution in [0.5, 0.6) is 0 Å². The molecule has 2 aromatic heterocycles. The molecule has 0 saturated heterocycles. The molecule has 6 heteroatoms. The third-order valence-electron chi connectivity index (χ3n) is 3.24. The van der Waals surface area contributed by atoms with Crippen LogP contribution in [-0.2, 0) is 11.3 Å². The van der Waals surface area contributed by atoms with Gasteiger partial charge < -0.3 is 15.2 Å². The van der Waals surface area contributed by atoms with E-state index in [1.165, 1.54) is 0 Å². The van der Waals surface area contributed by atoms with Gasteiger partial charge in [-0.25, -0.2) is 9.97 Å². The molecule has 0 aliphatic rings. The van der Waals surface area contributed by atoms with Crippen LogP contribution in [0.3, 0.4) is 0 Å². The highest BCUT2D eigenvalue weighted by Gasteiger charge is 2.15. The number of aliphatic hydroxyl groups is 1. The minimum absolute atomic E-state index is 0.0515. The largest absolute Gasteiger partial charge is 0.395 e. The summed E-state index contributed by atoms with van der Waals surface area (Å²) in [6, 6.07) is 10.2. The number of aliphatic hydroxyl groups excluding tert-OH is 1. The average Bonchev–Trinajstić information content (AvgIpc) is 2.98. The average molecular weight is 315 g/mol. The molecule has 2 heterocycles. The lowest BCUT2D eigenvalue weighted by Crippen LogP contribution is -2.09. The number of rotatable bonds is 6. The topological polar surface area (TPSA) is 67.3 Å². The molecule has 1 aromatic carbocycles. The van der Waals surface area contributed by atoms with E-state index in [1.807, 2.05) is 18.2 Å². The zero-order chi connectivity index (χ0) is 15.4. The highest BCUT2D eigenvalue weighted by molar-refractivity contribution is 7.17. The summed E-state index contributed by atoms with van der Waals surface area (Å²) in [6.45, 7) is 0.862. The molecule has 0 amide bonds. The van der Waals surface area contributed by atoms with Gasteiger partial charge in [-0.2, -0.15) is 0 Å². The van der Waals surface area contributed by atoms with Gasteiger partial charge in [0.15, 0.2) is 5.82 Å². The van der Waals surface area contributed by atoms with Gasteiger partial charge in [0.05, 0.1) is 12.0 Å². The molecule has 3 aromatic rings. The van der Waals surface area contributed by atoms with Gasteiger partial charge in [0, 0.05) is 24.6 Å². The number of methoxy groups -OCH3 is 1. The van der Waals surface area contributed by atoms with E-state index in [1.54, 1.807) is 18.4 Å². The Morgan fingerprint density at radius 2 is 2.05 bits per heavy atom. The monoisotopic (exact) mass is 315 g/mol. The third-order valence-corrected chi connectivity index (χ3v) is 4.11. The highest BCUT2D eigenvalue weighted by Crippen LogP contribution is 2.36. The molecule has 0 aliphatic heterocycles. The lowest BCUT2D eigenvalue weighted by molar-refractivity contribution is 0.178. The summed E-state index contributed by atoms with van der Waals surface area (Å²) in [5.74, 6) is 1.38. The van der Waals surface area contributed by atoms with Gasteiger partial charge in [-0.1, -0.05) is 30.3 Å². The van der Waals surface area contributed by atoms with E-state index in [0.717, 1.165) is 27.2 Å². The number of nitrogens with zero attached hydrogens (tertiary/aromatic N) is 2. The van der Waals surface area contributed by atoms with Gasteiger partial charge in [-0.15, -0.1) is 11.3 Å². The van der Waals surface area contributed by atoms with Crippen LogP contribution in [0.25, 0.3) is 21.3 Å². The van der Waals surface area contributed by atoms with Crippen LogP contribution >= 0.6 is 11.3 Å². The molecule has 0 saturated carbocycles. The van der Waals surface area contributed by atoms with E-state index in [9.17, 15) is 0 Å². The highest BCUT2D eigenvalue weighted by atomic mass is 32.1. The molecule has 114 valence electrons. The van der Waals surface area contributed by atoms with Gasteiger partial charge in [-0.05, 0) is 5.56 Å². The number of hydrogen-bond acceptors (Lipinski definition) is 6. The molecule has 0 aliphatic carbocycles. The molecule has 0 unspecified atom stereocenters. The second-order valence-electron chi connectivity index (χ2n) is 4.77. The number of hydrogen-bond donors (Lipinski definition) is 2. The van der Waals surface area contributed by atoms with Crippen LogP contribution in [0.1, 0.15) is 5.82 Å². The Bertz CT molecular complexity index is 759. The van der Waals surface area contributed by atoms with Crippen molar-refractivity contribution in [3.05, 3.63) is 41.5 Å². The number of nitrogens with one attached hydrogen (secondary N) is 1.